The molecule has 0 aliphatic heterocycles. The SMILES string of the molecule is CCCCCCCCCCCCCCCCCCCCCCCCC(=O)OC[C@@H](COP(=O)(O)OC[C@@H](N)C(=O)O)OC(=O)CCCCCCCCCCCCCCC. The summed E-state index contributed by atoms with van der Waals surface area (Å²) in [5.41, 5.74) is 5.34. The summed E-state index contributed by atoms with van der Waals surface area (Å²) < 4.78 is 32.8. The zero-order valence-corrected chi connectivity index (χ0v) is 39.0. The van der Waals surface area contributed by atoms with Crippen LogP contribution in [0.3, 0.4) is 0 Å². The second-order valence-corrected chi connectivity index (χ2v) is 18.4. The summed E-state index contributed by atoms with van der Waals surface area (Å²) in [6.45, 7) is 2.85. The lowest BCUT2D eigenvalue weighted by Crippen LogP contribution is -2.34. The average Bonchev–Trinajstić information content (AvgIpc) is 3.21. The Bertz CT molecular complexity index is 1020. The van der Waals surface area contributed by atoms with Crippen LogP contribution < -0.4 is 5.73 Å². The van der Waals surface area contributed by atoms with Gasteiger partial charge in [-0.25, -0.2) is 4.57 Å². The Hall–Kier alpha value is -1.52. The Kier molecular flexibility index (Phi) is 42.0. The lowest BCUT2D eigenvalue weighted by Gasteiger charge is -2.20. The van der Waals surface area contributed by atoms with Gasteiger partial charge in [-0.3, -0.25) is 23.4 Å². The van der Waals surface area contributed by atoms with Crippen molar-refractivity contribution >= 4 is 25.7 Å². The number of hydrogen-bond acceptors (Lipinski definition) is 9. The zero-order valence-electron chi connectivity index (χ0n) is 38.1. The Morgan fingerprint density at radius 2 is 0.746 bits per heavy atom. The minimum absolute atomic E-state index is 0.169. The van der Waals surface area contributed by atoms with Gasteiger partial charge in [0.1, 0.15) is 12.6 Å². The summed E-state index contributed by atoms with van der Waals surface area (Å²) in [4.78, 5) is 46.0. The van der Waals surface area contributed by atoms with E-state index in [9.17, 15) is 23.8 Å². The molecule has 0 aromatic heterocycles. The number of unbranched alkanes of at least 4 members (excludes halogenated alkanes) is 33. The molecular weight excluding hydrogens is 769 g/mol. The fourth-order valence-corrected chi connectivity index (χ4v) is 8.02. The Balaban J connectivity index is 4.16. The molecular formula is C47H92NO10P. The van der Waals surface area contributed by atoms with Crippen LogP contribution in [0, 0.1) is 0 Å². The van der Waals surface area contributed by atoms with Crippen LogP contribution in [0.4, 0.5) is 0 Å². The number of carboxylic acid groups (broad SMARTS) is 1. The van der Waals surface area contributed by atoms with Gasteiger partial charge in [0.25, 0.3) is 0 Å². The van der Waals surface area contributed by atoms with Gasteiger partial charge in [-0.05, 0) is 12.8 Å². The number of phosphoric acid groups is 1. The molecule has 0 spiro atoms. The first kappa shape index (κ1) is 57.5. The quantitative estimate of drug-likeness (QED) is 0.0302. The molecule has 0 saturated heterocycles. The van der Waals surface area contributed by atoms with Gasteiger partial charge in [-0.15, -0.1) is 0 Å². The molecule has 0 aliphatic rings. The van der Waals surface area contributed by atoms with Crippen LogP contribution in [0.15, 0.2) is 0 Å². The summed E-state index contributed by atoms with van der Waals surface area (Å²) in [6.07, 6.45) is 43.1. The Morgan fingerprint density at radius 1 is 0.458 bits per heavy atom. The minimum Gasteiger partial charge on any atom is -0.480 e. The number of ether oxygens (including phenoxy) is 2. The minimum atomic E-state index is -4.71. The molecule has 4 N–H and O–H groups in total. The van der Waals surface area contributed by atoms with E-state index in [0.717, 1.165) is 38.5 Å². The first-order valence-corrected chi connectivity index (χ1v) is 26.1. The lowest BCUT2D eigenvalue weighted by atomic mass is 10.0. The second-order valence-electron chi connectivity index (χ2n) is 17.0. The van der Waals surface area contributed by atoms with Gasteiger partial charge in [0.05, 0.1) is 13.2 Å². The molecule has 0 saturated carbocycles. The maximum Gasteiger partial charge on any atom is 0.472 e. The van der Waals surface area contributed by atoms with E-state index in [1.807, 2.05) is 0 Å². The van der Waals surface area contributed by atoms with E-state index in [1.54, 1.807) is 0 Å². The maximum absolute atomic E-state index is 12.6. The number of carboxylic acids is 1. The molecule has 1 unspecified atom stereocenters. The van der Waals surface area contributed by atoms with E-state index in [4.69, 9.17) is 24.8 Å². The van der Waals surface area contributed by atoms with Gasteiger partial charge in [0.2, 0.25) is 0 Å². The predicted octanol–water partition coefficient (Wildman–Crippen LogP) is 13.5. The number of carbonyl (C=O) groups excluding carboxylic acids is 2. The number of esters is 2. The average molecular weight is 862 g/mol. The molecule has 0 radical (unpaired) electrons. The molecule has 0 aromatic carbocycles. The second kappa shape index (κ2) is 43.1. The molecule has 350 valence electrons. The van der Waals surface area contributed by atoms with Crippen molar-refractivity contribution in [3.8, 4) is 0 Å². The number of rotatable bonds is 47. The van der Waals surface area contributed by atoms with E-state index >= 15 is 0 Å². The van der Waals surface area contributed by atoms with Crippen molar-refractivity contribution < 1.29 is 47.5 Å². The van der Waals surface area contributed by atoms with E-state index in [2.05, 4.69) is 18.4 Å². The van der Waals surface area contributed by atoms with Crippen molar-refractivity contribution in [2.24, 2.45) is 5.73 Å². The molecule has 11 nitrogen and oxygen atoms in total. The third kappa shape index (κ3) is 42.9. The first-order valence-electron chi connectivity index (χ1n) is 24.6. The summed E-state index contributed by atoms with van der Waals surface area (Å²) >= 11 is 0. The maximum atomic E-state index is 12.6. The first-order chi connectivity index (χ1) is 28.6. The molecule has 0 heterocycles. The van der Waals surface area contributed by atoms with Crippen LogP contribution >= 0.6 is 7.82 Å². The Labute approximate surface area is 361 Å². The third-order valence-corrected chi connectivity index (χ3v) is 12.1. The van der Waals surface area contributed by atoms with Gasteiger partial charge in [-0.2, -0.15) is 0 Å². The third-order valence-electron chi connectivity index (χ3n) is 11.1. The summed E-state index contributed by atoms with van der Waals surface area (Å²) in [6, 6.07) is -1.52. The highest BCUT2D eigenvalue weighted by Crippen LogP contribution is 2.43. The van der Waals surface area contributed by atoms with Crippen LogP contribution in [0.5, 0.6) is 0 Å². The summed E-state index contributed by atoms with van der Waals surface area (Å²) in [5.74, 6) is -2.35. The van der Waals surface area contributed by atoms with Crippen molar-refractivity contribution in [1.82, 2.24) is 0 Å². The molecule has 0 rings (SSSR count). The van der Waals surface area contributed by atoms with Crippen LogP contribution in [0.25, 0.3) is 0 Å². The fourth-order valence-electron chi connectivity index (χ4n) is 7.24. The number of nitrogens with two attached hydrogens (primary N) is 1. The van der Waals surface area contributed by atoms with Gasteiger partial charge >= 0.3 is 25.7 Å². The van der Waals surface area contributed by atoms with E-state index < -0.39 is 51.1 Å². The highest BCUT2D eigenvalue weighted by Gasteiger charge is 2.28. The van der Waals surface area contributed by atoms with Gasteiger partial charge in [-0.1, -0.05) is 226 Å². The van der Waals surface area contributed by atoms with Crippen molar-refractivity contribution in [3.05, 3.63) is 0 Å². The largest absolute Gasteiger partial charge is 0.480 e. The summed E-state index contributed by atoms with van der Waals surface area (Å²) in [5, 5.41) is 8.90. The van der Waals surface area contributed by atoms with Crippen molar-refractivity contribution in [3.63, 3.8) is 0 Å². The Morgan fingerprint density at radius 3 is 1.07 bits per heavy atom. The number of carbonyl (C=O) groups is 3. The predicted molar refractivity (Wildman–Crippen MR) is 240 cm³/mol. The fraction of sp³-hybridized carbons (Fsp3) is 0.936. The van der Waals surface area contributed by atoms with Crippen molar-refractivity contribution in [1.29, 1.82) is 0 Å². The molecule has 0 aromatic rings. The monoisotopic (exact) mass is 862 g/mol. The molecule has 59 heavy (non-hydrogen) atoms. The normalized spacial score (nSPS) is 13.6. The van der Waals surface area contributed by atoms with E-state index in [1.165, 1.54) is 173 Å². The van der Waals surface area contributed by atoms with Gasteiger partial charge < -0.3 is 25.2 Å². The van der Waals surface area contributed by atoms with E-state index in [0.29, 0.717) is 12.8 Å². The topological polar surface area (TPSA) is 172 Å². The molecule has 0 bridgehead atoms. The van der Waals surface area contributed by atoms with E-state index in [-0.39, 0.29) is 19.4 Å². The standard InChI is InChI=1S/C47H92NO10P/c1-3-5-7-9-11-13-15-17-18-19-20-21-22-23-24-25-27-28-30-32-34-36-38-45(49)55-40-43(41-56-59(53,54)57-42-44(48)47(51)52)58-46(50)39-37-35-33-31-29-26-16-14-12-10-8-6-4-2/h43-44H,3-42,48H2,1-2H3,(H,51,52)(H,53,54)/t43-,44+/m0/s1. The van der Waals surface area contributed by atoms with Crippen LogP contribution in [-0.4, -0.2) is 59.9 Å². The zero-order chi connectivity index (χ0) is 43.5. The number of aliphatic carboxylic acids is 1. The van der Waals surface area contributed by atoms with Gasteiger partial charge in [0, 0.05) is 12.8 Å². The molecule has 3 atom stereocenters. The van der Waals surface area contributed by atoms with Gasteiger partial charge in [0.15, 0.2) is 6.10 Å². The van der Waals surface area contributed by atoms with Crippen LogP contribution in [0.1, 0.15) is 251 Å². The number of hydrogen-bond donors (Lipinski definition) is 3. The van der Waals surface area contributed by atoms with Crippen molar-refractivity contribution in [2.75, 3.05) is 19.8 Å². The highest BCUT2D eigenvalue weighted by molar-refractivity contribution is 7.47. The summed E-state index contributed by atoms with van der Waals surface area (Å²) in [7, 11) is -4.71. The molecule has 12 heteroatoms. The van der Waals surface area contributed by atoms with Crippen LogP contribution in [0.2, 0.25) is 0 Å². The van der Waals surface area contributed by atoms with Crippen molar-refractivity contribution in [2.45, 2.75) is 264 Å². The smallest absolute Gasteiger partial charge is 0.472 e. The molecule has 0 fully saturated rings. The number of phosphoric ester groups is 1. The molecule has 0 aliphatic carbocycles. The molecule has 0 amide bonds. The highest BCUT2D eigenvalue weighted by atomic mass is 31.2. The lowest BCUT2D eigenvalue weighted by molar-refractivity contribution is -0.161. The van der Waals surface area contributed by atoms with Crippen LogP contribution in [-0.2, 0) is 37.5 Å².